The molecular weight excluding hydrogens is 743 g/mol. The van der Waals surface area contributed by atoms with Crippen LogP contribution in [0.4, 0.5) is 0 Å². The molecular formula is CaO8PbW2. The second kappa shape index (κ2) is 10.1. The average molecular weight is 743 g/mol. The molecule has 0 aromatic carbocycles. The van der Waals surface area contributed by atoms with Crippen molar-refractivity contribution in [2.24, 2.45) is 0 Å². The van der Waals surface area contributed by atoms with Gasteiger partial charge in [0.15, 0.2) is 0 Å². The molecule has 0 fully saturated rings. The fraction of sp³-hybridized carbons (Fsp3) is 0. The van der Waals surface area contributed by atoms with Gasteiger partial charge in [-0.1, -0.05) is 0 Å². The average Bonchev–Trinajstić information content (AvgIpc) is 1.12. The van der Waals surface area contributed by atoms with E-state index < -0.39 is 33.5 Å². The van der Waals surface area contributed by atoms with E-state index in [0.29, 0.717) is 0 Å². The second-order valence-electron chi connectivity index (χ2n) is 0.816. The van der Waals surface area contributed by atoms with E-state index in [4.69, 9.17) is 28.6 Å². The Balaban J connectivity index is -0.0000000457. The fourth-order valence-corrected chi connectivity index (χ4v) is 0. The molecule has 0 saturated heterocycles. The van der Waals surface area contributed by atoms with Crippen molar-refractivity contribution < 1.29 is 62.1 Å². The van der Waals surface area contributed by atoms with E-state index in [1.807, 2.05) is 0 Å². The molecule has 12 heteroatoms. The largest absolute Gasteiger partial charge is 2.00 e. The van der Waals surface area contributed by atoms with Crippen molar-refractivity contribution in [1.82, 2.24) is 0 Å². The van der Waals surface area contributed by atoms with E-state index in [0.717, 1.165) is 0 Å². The van der Waals surface area contributed by atoms with E-state index in [1.165, 1.54) is 0 Å². The van der Waals surface area contributed by atoms with Crippen LogP contribution >= 0.6 is 0 Å². The van der Waals surface area contributed by atoms with Crippen LogP contribution in [0.15, 0.2) is 0 Å². The molecule has 0 aliphatic carbocycles. The second-order valence-corrected chi connectivity index (χ2v) is 6.68. The quantitative estimate of drug-likeness (QED) is 0.222. The molecule has 0 aromatic heterocycles. The topological polar surface area (TPSA) is 161 Å². The number of hydrogen-bond acceptors (Lipinski definition) is 8. The third kappa shape index (κ3) is 251. The van der Waals surface area contributed by atoms with Crippen LogP contribution in [0.2, 0.25) is 0 Å². The zero-order chi connectivity index (χ0) is 9.00. The smallest absolute Gasteiger partial charge is 2.00 e. The van der Waals surface area contributed by atoms with Crippen LogP contribution in [0, 0.1) is 0 Å². The van der Waals surface area contributed by atoms with E-state index in [-0.39, 0.29) is 65.0 Å². The molecule has 0 amide bonds. The van der Waals surface area contributed by atoms with E-state index >= 15 is 0 Å². The van der Waals surface area contributed by atoms with Crippen molar-refractivity contribution in [2.45, 2.75) is 0 Å². The molecule has 0 bridgehead atoms. The first-order valence-electron chi connectivity index (χ1n) is 1.33. The zero-order valence-electron chi connectivity index (χ0n) is 5.29. The van der Waals surface area contributed by atoms with Crippen molar-refractivity contribution in [3.05, 3.63) is 0 Å². The summed E-state index contributed by atoms with van der Waals surface area (Å²) in [6, 6.07) is 0. The molecule has 0 aromatic rings. The molecule has 66 valence electrons. The molecule has 2 radical (unpaired) electrons. The molecule has 0 atom stereocenters. The minimum Gasteiger partial charge on any atom is 2.00 e. The summed E-state index contributed by atoms with van der Waals surface area (Å²) in [5, 5.41) is 0. The van der Waals surface area contributed by atoms with Gasteiger partial charge in [-0.15, -0.1) is 0 Å². The minimum atomic E-state index is -6.17. The van der Waals surface area contributed by atoms with E-state index in [2.05, 4.69) is 0 Å². The molecule has 0 spiro atoms. The Hall–Kier alpha value is 2.60. The summed E-state index contributed by atoms with van der Waals surface area (Å²) in [7, 11) is 0. The van der Waals surface area contributed by atoms with Gasteiger partial charge < -0.3 is 0 Å². The monoisotopic (exact) mass is 744 g/mol. The van der Waals surface area contributed by atoms with Crippen molar-refractivity contribution in [3.63, 3.8) is 0 Å². The SMILES string of the molecule is [Ca+2].[O]=[W](=[O])([O-])[O-].[O]=[W](=[O])([O-])[O-].[Pb+2]. The van der Waals surface area contributed by atoms with Gasteiger partial charge in [-0.25, -0.2) is 0 Å². The minimum absolute atomic E-state index is 0. The third-order valence-electron chi connectivity index (χ3n) is 0. The summed E-state index contributed by atoms with van der Waals surface area (Å²) in [6.07, 6.45) is 0. The first kappa shape index (κ1) is 24.0. The third-order valence-corrected chi connectivity index (χ3v) is 0. The first-order valence-corrected chi connectivity index (χ1v) is 10.9. The van der Waals surface area contributed by atoms with E-state index in [9.17, 15) is 0 Å². The maximum Gasteiger partial charge on any atom is 2.00 e. The maximum absolute atomic E-state index is 8.65. The van der Waals surface area contributed by atoms with Gasteiger partial charge >= 0.3 is 127 Å². The molecule has 0 rings (SSSR count). The van der Waals surface area contributed by atoms with Crippen molar-refractivity contribution in [2.75, 3.05) is 0 Å². The molecule has 0 N–H and O–H groups in total. The van der Waals surface area contributed by atoms with Crippen LogP contribution in [-0.4, -0.2) is 65.0 Å². The summed E-state index contributed by atoms with van der Waals surface area (Å²) in [6.45, 7) is 0. The Bertz CT molecular complexity index is 213. The van der Waals surface area contributed by atoms with Crippen molar-refractivity contribution in [3.8, 4) is 0 Å². The normalized spacial score (nSPS) is 9.67. The van der Waals surface area contributed by atoms with Gasteiger partial charge in [0, 0.05) is 0 Å². The van der Waals surface area contributed by atoms with Crippen LogP contribution in [0.3, 0.4) is 0 Å². The van der Waals surface area contributed by atoms with Crippen LogP contribution in [0.25, 0.3) is 0 Å². The van der Waals surface area contributed by atoms with Crippen LogP contribution in [-0.2, 0) is 47.1 Å². The first-order chi connectivity index (χ1) is 4.00. The van der Waals surface area contributed by atoms with Crippen molar-refractivity contribution >= 4 is 65.0 Å². The van der Waals surface area contributed by atoms with Crippen LogP contribution in [0.1, 0.15) is 0 Å². The molecule has 8 nitrogen and oxygen atoms in total. The summed E-state index contributed by atoms with van der Waals surface area (Å²) in [5.41, 5.74) is 0. The fourth-order valence-electron chi connectivity index (χ4n) is 0. The molecule has 0 aliphatic heterocycles. The summed E-state index contributed by atoms with van der Waals surface area (Å²) >= 11 is -12.3. The Morgan fingerprint density at radius 1 is 0.667 bits per heavy atom. The zero-order valence-corrected chi connectivity index (χ0v) is 17.3. The Morgan fingerprint density at radius 2 is 0.667 bits per heavy atom. The Kier molecular flexibility index (Phi) is 20.3. The maximum atomic E-state index is 8.65. The van der Waals surface area contributed by atoms with Crippen LogP contribution in [0.5, 0.6) is 0 Å². The standard InChI is InChI=1S/Ca.8O.Pb.2W/q+2;;;;;4*-1;+2;;. The molecule has 0 saturated carbocycles. The van der Waals surface area contributed by atoms with Crippen molar-refractivity contribution in [1.29, 1.82) is 0 Å². The van der Waals surface area contributed by atoms with Gasteiger partial charge in [-0.05, 0) is 0 Å². The molecule has 0 unspecified atom stereocenters. The summed E-state index contributed by atoms with van der Waals surface area (Å²) in [5.74, 6) is 0. The van der Waals surface area contributed by atoms with E-state index in [1.54, 1.807) is 0 Å². The van der Waals surface area contributed by atoms with Crippen LogP contribution < -0.4 is 15.0 Å². The van der Waals surface area contributed by atoms with Gasteiger partial charge in [0.1, 0.15) is 0 Å². The summed E-state index contributed by atoms with van der Waals surface area (Å²) in [4.78, 5) is 0. The Labute approximate surface area is 125 Å². The molecule has 0 aliphatic rings. The number of rotatable bonds is 0. The Morgan fingerprint density at radius 3 is 0.667 bits per heavy atom. The number of hydrogen-bond donors (Lipinski definition) is 0. The molecule has 0 heterocycles. The van der Waals surface area contributed by atoms with Gasteiger partial charge in [0.2, 0.25) is 0 Å². The van der Waals surface area contributed by atoms with Gasteiger partial charge in [-0.3, -0.25) is 0 Å². The van der Waals surface area contributed by atoms with Gasteiger partial charge in [-0.2, -0.15) is 0 Å². The predicted molar refractivity (Wildman–Crippen MR) is 14.3 cm³/mol. The van der Waals surface area contributed by atoms with Gasteiger partial charge in [0.05, 0.1) is 0 Å². The molecule has 12 heavy (non-hydrogen) atoms. The van der Waals surface area contributed by atoms with Gasteiger partial charge in [0.25, 0.3) is 0 Å². The predicted octanol–water partition coefficient (Wildman–Crippen LogP) is -6.00. The summed E-state index contributed by atoms with van der Waals surface area (Å²) < 4.78 is 69.2.